The zero-order chi connectivity index (χ0) is 42.1. The number of benzene rings is 3. The lowest BCUT2D eigenvalue weighted by molar-refractivity contribution is -0.0337. The molecule has 4 aliphatic rings. The third-order valence-corrected chi connectivity index (χ3v) is 13.3. The standard InChI is InChI=1S/C45H48ClF2N5O6S/c1-44(2)13-12-32(37(24-44)30-6-8-33(46)9-7-30)28-52-16-18-53(19-17-52)34-10-11-36(41(22-34)59-40-5-3-4-31-25-49-27-38(31)40)42(54)51-60(55,56)35-23-39(47)43(50-26-35)58-29-45(48)14-20-57-21-15-45/h3-11,22-23,26-27H,12-21,24-25,28-29H2,1-2H3,(H,51,54). The average Bonchev–Trinajstić information content (AvgIpc) is 3.72. The third kappa shape index (κ3) is 9.52. The summed E-state index contributed by atoms with van der Waals surface area (Å²) in [4.78, 5) is 26.1. The topological polar surface area (TPSA) is 123 Å². The van der Waals surface area contributed by atoms with E-state index in [1.807, 2.05) is 29.0 Å². The molecule has 4 heterocycles. The van der Waals surface area contributed by atoms with Crippen LogP contribution < -0.4 is 19.1 Å². The molecule has 3 aliphatic heterocycles. The number of aromatic nitrogens is 1. The van der Waals surface area contributed by atoms with E-state index in [1.165, 1.54) is 22.8 Å². The van der Waals surface area contributed by atoms with E-state index in [0.29, 0.717) is 18.4 Å². The maximum absolute atomic E-state index is 15.1. The van der Waals surface area contributed by atoms with Gasteiger partial charge in [-0.1, -0.05) is 55.3 Å². The summed E-state index contributed by atoms with van der Waals surface area (Å²) in [5.74, 6) is -2.04. The lowest BCUT2D eigenvalue weighted by Gasteiger charge is -2.39. The highest BCUT2D eigenvalue weighted by molar-refractivity contribution is 7.90. The van der Waals surface area contributed by atoms with E-state index in [0.717, 1.165) is 80.0 Å². The molecule has 0 atom stereocenters. The number of alkyl halides is 1. The maximum atomic E-state index is 15.1. The van der Waals surface area contributed by atoms with Gasteiger partial charge < -0.3 is 19.1 Å². The summed E-state index contributed by atoms with van der Waals surface area (Å²) in [6.07, 6.45) is 5.93. The van der Waals surface area contributed by atoms with E-state index in [2.05, 4.69) is 45.8 Å². The summed E-state index contributed by atoms with van der Waals surface area (Å²) in [7, 11) is -4.62. The van der Waals surface area contributed by atoms with Crippen LogP contribution in [-0.2, 0) is 21.3 Å². The number of halogens is 3. The molecule has 8 rings (SSSR count). The van der Waals surface area contributed by atoms with E-state index in [1.54, 1.807) is 24.4 Å². The first kappa shape index (κ1) is 41.8. The Kier molecular flexibility index (Phi) is 12.0. The van der Waals surface area contributed by atoms with Gasteiger partial charge in [0.1, 0.15) is 28.7 Å². The second-order valence-electron chi connectivity index (χ2n) is 16.7. The first-order valence-corrected chi connectivity index (χ1v) is 22.1. The van der Waals surface area contributed by atoms with Crippen LogP contribution in [0.5, 0.6) is 17.4 Å². The fraction of sp³-hybridized carbons (Fsp3) is 0.400. The van der Waals surface area contributed by atoms with Crippen molar-refractivity contribution in [2.45, 2.75) is 63.1 Å². The number of hydrogen-bond acceptors (Lipinski definition) is 10. The van der Waals surface area contributed by atoms with Crippen LogP contribution >= 0.6 is 11.6 Å². The molecule has 3 aromatic carbocycles. The van der Waals surface area contributed by atoms with Gasteiger partial charge in [-0.15, -0.1) is 0 Å². The Hall–Kier alpha value is -4.89. The van der Waals surface area contributed by atoms with Crippen molar-refractivity contribution in [2.75, 3.05) is 57.4 Å². The summed E-state index contributed by atoms with van der Waals surface area (Å²) in [5.41, 5.74) is 5.10. The van der Waals surface area contributed by atoms with E-state index >= 15 is 4.39 Å². The Balaban J connectivity index is 0.991. The Morgan fingerprint density at radius 3 is 2.50 bits per heavy atom. The molecule has 15 heteroatoms. The predicted octanol–water partition coefficient (Wildman–Crippen LogP) is 8.40. The Morgan fingerprint density at radius 1 is 0.983 bits per heavy atom. The molecule has 1 amide bonds. The second kappa shape index (κ2) is 17.2. The highest BCUT2D eigenvalue weighted by atomic mass is 35.5. The number of aliphatic imine (C=N–C) groups is 1. The number of fused-ring (bicyclic) bond motifs is 1. The van der Waals surface area contributed by atoms with Gasteiger partial charge in [0, 0.05) is 93.4 Å². The van der Waals surface area contributed by atoms with Gasteiger partial charge >= 0.3 is 0 Å². The lowest BCUT2D eigenvalue weighted by atomic mass is 9.72. The minimum atomic E-state index is -4.62. The minimum Gasteiger partial charge on any atom is -0.472 e. The average molecular weight is 860 g/mol. The number of amides is 1. The van der Waals surface area contributed by atoms with Crippen LogP contribution in [0, 0.1) is 11.2 Å². The zero-order valence-electron chi connectivity index (χ0n) is 33.7. The molecule has 316 valence electrons. The molecule has 2 fully saturated rings. The van der Waals surface area contributed by atoms with E-state index in [-0.39, 0.29) is 42.8 Å². The molecule has 0 radical (unpaired) electrons. The van der Waals surface area contributed by atoms with Gasteiger partial charge in [0.2, 0.25) is 0 Å². The largest absolute Gasteiger partial charge is 0.472 e. The van der Waals surface area contributed by atoms with Crippen LogP contribution in [-0.4, -0.2) is 88.6 Å². The molecule has 1 N–H and O–H groups in total. The number of ether oxygens (including phenoxy) is 3. The van der Waals surface area contributed by atoms with Crippen molar-refractivity contribution in [1.82, 2.24) is 14.6 Å². The summed E-state index contributed by atoms with van der Waals surface area (Å²) >= 11 is 6.23. The fourth-order valence-corrected chi connectivity index (χ4v) is 9.22. The molecule has 2 saturated heterocycles. The molecule has 4 aromatic rings. The van der Waals surface area contributed by atoms with Gasteiger partial charge in [0.05, 0.1) is 18.3 Å². The van der Waals surface area contributed by atoms with Crippen molar-refractivity contribution in [3.63, 3.8) is 0 Å². The first-order valence-electron chi connectivity index (χ1n) is 20.2. The van der Waals surface area contributed by atoms with Crippen molar-refractivity contribution < 1.29 is 36.2 Å². The van der Waals surface area contributed by atoms with Crippen LogP contribution in [0.25, 0.3) is 5.57 Å². The summed E-state index contributed by atoms with van der Waals surface area (Å²) < 4.78 is 75.9. The van der Waals surface area contributed by atoms with E-state index in [4.69, 9.17) is 25.8 Å². The van der Waals surface area contributed by atoms with Crippen LogP contribution in [0.3, 0.4) is 0 Å². The summed E-state index contributed by atoms with van der Waals surface area (Å²) in [6.45, 7) is 9.09. The number of allylic oxidation sites excluding steroid dienone is 1. The molecule has 0 saturated carbocycles. The molecule has 11 nitrogen and oxygen atoms in total. The summed E-state index contributed by atoms with van der Waals surface area (Å²) in [6, 6.07) is 19.4. The smallest absolute Gasteiger partial charge is 0.268 e. The summed E-state index contributed by atoms with van der Waals surface area (Å²) in [5, 5.41) is 0.726. The van der Waals surface area contributed by atoms with Gasteiger partial charge in [-0.2, -0.15) is 0 Å². The van der Waals surface area contributed by atoms with Gasteiger partial charge in [-0.3, -0.25) is 14.7 Å². The SMILES string of the molecule is CC1(C)CCC(CN2CCN(c3ccc(C(=O)NS(=O)(=O)c4cnc(OCC5(F)CCOCC5)c(F)c4)c(Oc4cccc5c4C=NC5)c3)CC2)=C(c2ccc(Cl)cc2)C1. The number of rotatable bonds is 12. The monoisotopic (exact) mass is 859 g/mol. The van der Waals surface area contributed by atoms with Gasteiger partial charge in [-0.05, 0) is 71.7 Å². The number of hydrogen-bond donors (Lipinski definition) is 1. The highest BCUT2D eigenvalue weighted by Crippen LogP contribution is 2.43. The maximum Gasteiger partial charge on any atom is 0.268 e. The quantitative estimate of drug-likeness (QED) is 0.150. The fourth-order valence-electron chi connectivity index (χ4n) is 8.17. The van der Waals surface area contributed by atoms with Crippen molar-refractivity contribution >= 4 is 45.0 Å². The minimum absolute atomic E-state index is 0.0477. The van der Waals surface area contributed by atoms with Crippen molar-refractivity contribution in [3.8, 4) is 17.4 Å². The molecule has 1 aliphatic carbocycles. The Bertz CT molecular complexity index is 2430. The second-order valence-corrected chi connectivity index (χ2v) is 18.8. The van der Waals surface area contributed by atoms with Crippen molar-refractivity contribution in [1.29, 1.82) is 0 Å². The van der Waals surface area contributed by atoms with Crippen LogP contribution in [0.15, 0.2) is 88.4 Å². The number of anilines is 1. The number of pyridine rings is 1. The number of carbonyl (C=O) groups is 1. The third-order valence-electron chi connectivity index (χ3n) is 11.8. The number of nitrogens with zero attached hydrogens (tertiary/aromatic N) is 4. The van der Waals surface area contributed by atoms with Crippen molar-refractivity contribution in [3.05, 3.63) is 112 Å². The lowest BCUT2D eigenvalue weighted by Crippen LogP contribution is -2.47. The van der Waals surface area contributed by atoms with Gasteiger partial charge in [-0.25, -0.2) is 26.9 Å². The van der Waals surface area contributed by atoms with E-state index in [9.17, 15) is 17.6 Å². The highest BCUT2D eigenvalue weighted by Gasteiger charge is 2.34. The molecule has 1 aromatic heterocycles. The Labute approximate surface area is 354 Å². The van der Waals surface area contributed by atoms with E-state index < -0.39 is 44.8 Å². The molecule has 0 bridgehead atoms. The number of sulfonamides is 1. The normalized spacial score (nSPS) is 18.9. The molecule has 0 unspecified atom stereocenters. The predicted molar refractivity (Wildman–Crippen MR) is 227 cm³/mol. The molecule has 60 heavy (non-hydrogen) atoms. The number of piperazine rings is 1. The van der Waals surface area contributed by atoms with Gasteiger partial charge in [0.25, 0.3) is 21.8 Å². The zero-order valence-corrected chi connectivity index (χ0v) is 35.3. The van der Waals surface area contributed by atoms with Crippen LogP contribution in [0.1, 0.15) is 73.0 Å². The van der Waals surface area contributed by atoms with Gasteiger partial charge in [0.15, 0.2) is 5.82 Å². The molecular formula is C45H48ClF2N5O6S. The van der Waals surface area contributed by atoms with Crippen molar-refractivity contribution in [2.24, 2.45) is 10.4 Å². The van der Waals surface area contributed by atoms with Crippen LogP contribution in [0.2, 0.25) is 5.02 Å². The molecular weight excluding hydrogens is 812 g/mol. The number of nitrogens with one attached hydrogen (secondary N) is 1. The van der Waals surface area contributed by atoms with Crippen LogP contribution in [0.4, 0.5) is 14.5 Å². The Morgan fingerprint density at radius 2 is 1.75 bits per heavy atom. The first-order chi connectivity index (χ1) is 28.7. The molecule has 0 spiro atoms. The number of carbonyl (C=O) groups excluding carboxylic acids is 1.